The smallest absolute Gasteiger partial charge is 0.262 e. The minimum atomic E-state index is -0.673. The Morgan fingerprint density at radius 1 is 0.964 bits per heavy atom. The van der Waals surface area contributed by atoms with Gasteiger partial charge in [0.1, 0.15) is 6.04 Å². The third-order valence-electron chi connectivity index (χ3n) is 4.44. The molecule has 148 valence electrons. The maximum Gasteiger partial charge on any atom is 0.262 e. The summed E-state index contributed by atoms with van der Waals surface area (Å²) in [6, 6.07) is 16.2. The Balaban J connectivity index is 1.98. The lowest BCUT2D eigenvalue weighted by atomic mass is 9.87. The van der Waals surface area contributed by atoms with Crippen LogP contribution in [0.2, 0.25) is 0 Å². The van der Waals surface area contributed by atoms with E-state index in [1.807, 2.05) is 32.0 Å². The van der Waals surface area contributed by atoms with Gasteiger partial charge in [-0.3, -0.25) is 9.59 Å². The zero-order valence-electron chi connectivity index (χ0n) is 17.2. The van der Waals surface area contributed by atoms with Crippen molar-refractivity contribution in [3.8, 4) is 0 Å². The predicted octanol–water partition coefficient (Wildman–Crippen LogP) is 3.89. The molecule has 0 heterocycles. The van der Waals surface area contributed by atoms with E-state index in [2.05, 4.69) is 48.7 Å². The lowest BCUT2D eigenvalue weighted by molar-refractivity contribution is -0.123. The molecule has 0 bridgehead atoms. The fraction of sp³-hybridized carbons (Fsp3) is 0.348. The van der Waals surface area contributed by atoms with E-state index in [1.54, 1.807) is 30.5 Å². The van der Waals surface area contributed by atoms with E-state index in [4.69, 9.17) is 0 Å². The van der Waals surface area contributed by atoms with Crippen molar-refractivity contribution in [2.75, 3.05) is 0 Å². The number of hydrogen-bond acceptors (Lipinski definition) is 3. The summed E-state index contributed by atoms with van der Waals surface area (Å²) in [6.45, 7) is 10.2. The Morgan fingerprint density at radius 3 is 2.11 bits per heavy atom. The van der Waals surface area contributed by atoms with Crippen LogP contribution in [0.4, 0.5) is 0 Å². The summed E-state index contributed by atoms with van der Waals surface area (Å²) in [5, 5.41) is 6.82. The molecule has 1 unspecified atom stereocenters. The fourth-order valence-corrected chi connectivity index (χ4v) is 2.66. The number of rotatable bonds is 6. The highest BCUT2D eigenvalue weighted by Gasteiger charge is 2.24. The van der Waals surface area contributed by atoms with Gasteiger partial charge in [-0.05, 0) is 34.6 Å². The third kappa shape index (κ3) is 6.05. The maximum absolute atomic E-state index is 12.5. The van der Waals surface area contributed by atoms with Gasteiger partial charge in [0.2, 0.25) is 0 Å². The van der Waals surface area contributed by atoms with E-state index in [9.17, 15) is 9.59 Å². The van der Waals surface area contributed by atoms with Crippen LogP contribution in [-0.2, 0) is 10.2 Å². The molecule has 0 aliphatic heterocycles. The van der Waals surface area contributed by atoms with E-state index >= 15 is 0 Å². The van der Waals surface area contributed by atoms with Gasteiger partial charge in [-0.2, -0.15) is 5.10 Å². The normalized spacial score (nSPS) is 12.8. The lowest BCUT2D eigenvalue weighted by Gasteiger charge is -2.20. The van der Waals surface area contributed by atoms with E-state index in [0.717, 1.165) is 5.56 Å². The number of nitrogens with zero attached hydrogens (tertiary/aromatic N) is 1. The molecular formula is C23H29N3O2. The van der Waals surface area contributed by atoms with Gasteiger partial charge in [0.05, 0.1) is 6.21 Å². The van der Waals surface area contributed by atoms with Gasteiger partial charge in [-0.15, -0.1) is 0 Å². The molecule has 2 aromatic carbocycles. The summed E-state index contributed by atoms with van der Waals surface area (Å²) >= 11 is 0. The summed E-state index contributed by atoms with van der Waals surface area (Å²) < 4.78 is 0. The summed E-state index contributed by atoms with van der Waals surface area (Å²) in [4.78, 5) is 24.8. The summed E-state index contributed by atoms with van der Waals surface area (Å²) in [5.74, 6) is -0.702. The molecule has 5 heteroatoms. The van der Waals surface area contributed by atoms with Gasteiger partial charge in [-0.1, -0.05) is 77.1 Å². The molecular weight excluding hydrogens is 350 g/mol. The number of nitrogens with one attached hydrogen (secondary N) is 2. The number of hydrazone groups is 1. The van der Waals surface area contributed by atoms with Crippen molar-refractivity contribution in [1.29, 1.82) is 0 Å². The Hall–Kier alpha value is -2.95. The molecule has 1 atom stereocenters. The van der Waals surface area contributed by atoms with Crippen LogP contribution >= 0.6 is 0 Å². The van der Waals surface area contributed by atoms with Crippen LogP contribution < -0.4 is 10.7 Å². The highest BCUT2D eigenvalue weighted by Crippen LogP contribution is 2.21. The molecule has 0 saturated heterocycles. The predicted molar refractivity (Wildman–Crippen MR) is 113 cm³/mol. The largest absolute Gasteiger partial charge is 0.340 e. The Labute approximate surface area is 167 Å². The van der Waals surface area contributed by atoms with Crippen molar-refractivity contribution in [3.05, 3.63) is 71.3 Å². The Kier molecular flexibility index (Phi) is 7.10. The highest BCUT2D eigenvalue weighted by molar-refractivity contribution is 5.97. The Morgan fingerprint density at radius 2 is 1.57 bits per heavy atom. The molecule has 0 aliphatic carbocycles. The molecule has 28 heavy (non-hydrogen) atoms. The average molecular weight is 380 g/mol. The SMILES string of the molecule is CC(C)C(NC(=O)c1ccccc1)C(=O)N/N=C/c1ccc(C(C)(C)C)cc1. The molecule has 0 radical (unpaired) electrons. The molecule has 5 nitrogen and oxygen atoms in total. The van der Waals surface area contributed by atoms with Gasteiger partial charge in [0, 0.05) is 5.56 Å². The van der Waals surface area contributed by atoms with Crippen LogP contribution in [0.25, 0.3) is 0 Å². The van der Waals surface area contributed by atoms with Crippen LogP contribution in [0.5, 0.6) is 0 Å². The highest BCUT2D eigenvalue weighted by atomic mass is 16.2. The maximum atomic E-state index is 12.5. The first kappa shape index (κ1) is 21.4. The van der Waals surface area contributed by atoms with E-state index < -0.39 is 6.04 Å². The van der Waals surface area contributed by atoms with Gasteiger partial charge < -0.3 is 5.32 Å². The third-order valence-corrected chi connectivity index (χ3v) is 4.44. The van der Waals surface area contributed by atoms with Crippen molar-refractivity contribution in [1.82, 2.24) is 10.7 Å². The molecule has 2 rings (SSSR count). The van der Waals surface area contributed by atoms with E-state index in [1.165, 1.54) is 5.56 Å². The van der Waals surface area contributed by atoms with E-state index in [-0.39, 0.29) is 23.1 Å². The molecule has 0 spiro atoms. The van der Waals surface area contributed by atoms with Crippen molar-refractivity contribution in [3.63, 3.8) is 0 Å². The molecule has 2 aromatic rings. The topological polar surface area (TPSA) is 70.6 Å². The van der Waals surface area contributed by atoms with Crippen LogP contribution in [0.15, 0.2) is 59.7 Å². The van der Waals surface area contributed by atoms with Gasteiger partial charge >= 0.3 is 0 Å². The number of amides is 2. The quantitative estimate of drug-likeness (QED) is 0.590. The summed E-state index contributed by atoms with van der Waals surface area (Å²) in [7, 11) is 0. The van der Waals surface area contributed by atoms with Crippen LogP contribution in [0.1, 0.15) is 56.1 Å². The van der Waals surface area contributed by atoms with Gasteiger partial charge in [-0.25, -0.2) is 5.43 Å². The molecule has 0 saturated carbocycles. The summed E-state index contributed by atoms with van der Waals surface area (Å²) in [6.07, 6.45) is 1.60. The first-order valence-corrected chi connectivity index (χ1v) is 9.48. The van der Waals surface area contributed by atoms with E-state index in [0.29, 0.717) is 5.56 Å². The number of benzene rings is 2. The second-order valence-corrected chi connectivity index (χ2v) is 8.17. The molecule has 0 aromatic heterocycles. The minimum Gasteiger partial charge on any atom is -0.340 e. The van der Waals surface area contributed by atoms with Crippen molar-refractivity contribution in [2.45, 2.75) is 46.1 Å². The second-order valence-electron chi connectivity index (χ2n) is 8.17. The first-order chi connectivity index (χ1) is 13.2. The summed E-state index contributed by atoms with van der Waals surface area (Å²) in [5.41, 5.74) is 5.26. The van der Waals surface area contributed by atoms with Crippen molar-refractivity contribution < 1.29 is 9.59 Å². The zero-order chi connectivity index (χ0) is 20.7. The second kappa shape index (κ2) is 9.31. The van der Waals surface area contributed by atoms with Gasteiger partial charge in [0.25, 0.3) is 11.8 Å². The molecule has 0 fully saturated rings. The molecule has 2 amide bonds. The minimum absolute atomic E-state index is 0.0751. The molecule has 0 aliphatic rings. The zero-order valence-corrected chi connectivity index (χ0v) is 17.2. The lowest BCUT2D eigenvalue weighted by Crippen LogP contribution is -2.48. The number of hydrogen-bond donors (Lipinski definition) is 2. The first-order valence-electron chi connectivity index (χ1n) is 9.48. The number of carbonyl (C=O) groups excluding carboxylic acids is 2. The number of carbonyl (C=O) groups is 2. The molecule has 2 N–H and O–H groups in total. The Bertz CT molecular complexity index is 819. The van der Waals surface area contributed by atoms with Crippen LogP contribution in [-0.4, -0.2) is 24.1 Å². The monoisotopic (exact) mass is 379 g/mol. The fourth-order valence-electron chi connectivity index (χ4n) is 2.66. The standard InChI is InChI=1S/C23H29N3O2/c1-16(2)20(25-21(27)18-9-7-6-8-10-18)22(28)26-24-15-17-11-13-19(14-12-17)23(3,4)5/h6-16,20H,1-5H3,(H,25,27)(H,26,28)/b24-15+. The van der Waals surface area contributed by atoms with Crippen molar-refractivity contribution in [2.24, 2.45) is 11.0 Å². The average Bonchev–Trinajstić information content (AvgIpc) is 2.66. The van der Waals surface area contributed by atoms with Gasteiger partial charge in [0.15, 0.2) is 0 Å². The van der Waals surface area contributed by atoms with Crippen LogP contribution in [0, 0.1) is 5.92 Å². The van der Waals surface area contributed by atoms with Crippen LogP contribution in [0.3, 0.4) is 0 Å². The van der Waals surface area contributed by atoms with Crippen molar-refractivity contribution >= 4 is 18.0 Å².